The van der Waals surface area contributed by atoms with E-state index in [4.69, 9.17) is 9.47 Å². The molecule has 0 aromatic heterocycles. The van der Waals surface area contributed by atoms with Gasteiger partial charge in [0.2, 0.25) is 0 Å². The second-order valence-electron chi connectivity index (χ2n) is 10.9. The molecule has 0 aromatic rings. The lowest BCUT2D eigenvalue weighted by Crippen LogP contribution is -2.47. The van der Waals surface area contributed by atoms with Gasteiger partial charge in [-0.25, -0.2) is 0 Å². The van der Waals surface area contributed by atoms with Crippen molar-refractivity contribution in [3.8, 4) is 0 Å². The Morgan fingerprint density at radius 3 is 2.66 bits per heavy atom. The number of hydrogen-bond donors (Lipinski definition) is 1. The van der Waals surface area contributed by atoms with Crippen LogP contribution in [0.4, 0.5) is 0 Å². The molecule has 3 rings (SSSR count). The van der Waals surface area contributed by atoms with Gasteiger partial charge < -0.3 is 14.6 Å². The highest BCUT2D eigenvalue weighted by atomic mass is 16.6. The van der Waals surface area contributed by atoms with Gasteiger partial charge in [0.15, 0.2) is 0 Å². The Hall–Kier alpha value is -1.62. The summed E-state index contributed by atoms with van der Waals surface area (Å²) in [5.41, 5.74) is -0.485. The molecule has 3 aliphatic rings. The van der Waals surface area contributed by atoms with Gasteiger partial charge >= 0.3 is 11.9 Å². The Bertz CT molecular complexity index is 724. The second kappa shape index (κ2) is 10.5. The predicted octanol–water partition coefficient (Wildman–Crippen LogP) is 5.22. The van der Waals surface area contributed by atoms with Crippen molar-refractivity contribution < 1.29 is 24.2 Å². The number of hydrogen-bond acceptors (Lipinski definition) is 5. The van der Waals surface area contributed by atoms with E-state index in [0.717, 1.165) is 32.1 Å². The van der Waals surface area contributed by atoms with Crippen LogP contribution in [0, 0.1) is 35.0 Å². The van der Waals surface area contributed by atoms with E-state index in [-0.39, 0.29) is 36.5 Å². The molecule has 5 heteroatoms. The summed E-state index contributed by atoms with van der Waals surface area (Å²) in [6.07, 6.45) is 13.1. The van der Waals surface area contributed by atoms with E-state index < -0.39 is 11.5 Å². The highest BCUT2D eigenvalue weighted by Crippen LogP contribution is 2.48. The fourth-order valence-corrected chi connectivity index (χ4v) is 5.81. The van der Waals surface area contributed by atoms with Crippen molar-refractivity contribution in [3.63, 3.8) is 0 Å². The molecule has 180 valence electrons. The summed E-state index contributed by atoms with van der Waals surface area (Å²) >= 11 is 0. The normalized spacial score (nSPS) is 37.8. The lowest BCUT2D eigenvalue weighted by Gasteiger charge is -2.48. The maximum Gasteiger partial charge on any atom is 0.311 e. The zero-order valence-electron chi connectivity index (χ0n) is 20.5. The minimum Gasteiger partial charge on any atom is -0.462 e. The van der Waals surface area contributed by atoms with Gasteiger partial charge in [-0.15, -0.1) is 0 Å². The van der Waals surface area contributed by atoms with Crippen molar-refractivity contribution in [2.45, 2.75) is 97.9 Å². The van der Waals surface area contributed by atoms with Crippen LogP contribution in [0.3, 0.4) is 0 Å². The first-order valence-electron chi connectivity index (χ1n) is 12.5. The number of ether oxygens (including phenoxy) is 2. The molecule has 0 bridgehead atoms. The molecule has 32 heavy (non-hydrogen) atoms. The van der Waals surface area contributed by atoms with Gasteiger partial charge in [-0.2, -0.15) is 0 Å². The summed E-state index contributed by atoms with van der Waals surface area (Å²) in [4.78, 5) is 24.8. The van der Waals surface area contributed by atoms with E-state index in [2.05, 4.69) is 38.2 Å². The number of aliphatic hydroxyl groups excluding tert-OH is 1. The highest BCUT2D eigenvalue weighted by Gasteiger charge is 2.46. The lowest BCUT2D eigenvalue weighted by atomic mass is 9.60. The number of fused-ring (bicyclic) bond motifs is 1. The van der Waals surface area contributed by atoms with E-state index >= 15 is 0 Å². The van der Waals surface area contributed by atoms with Gasteiger partial charge in [0.05, 0.1) is 17.9 Å². The monoisotopic (exact) mass is 446 g/mol. The number of esters is 2. The molecule has 8 atom stereocenters. The van der Waals surface area contributed by atoms with E-state index in [0.29, 0.717) is 30.1 Å². The van der Waals surface area contributed by atoms with Crippen LogP contribution in [-0.4, -0.2) is 35.4 Å². The minimum atomic E-state index is -0.598. The van der Waals surface area contributed by atoms with Gasteiger partial charge in [0.25, 0.3) is 0 Å². The van der Waals surface area contributed by atoms with Crippen LogP contribution in [0.5, 0.6) is 0 Å². The van der Waals surface area contributed by atoms with Crippen LogP contribution in [0.1, 0.15) is 79.6 Å². The molecule has 1 saturated heterocycles. The number of cyclic esters (lactones) is 1. The van der Waals surface area contributed by atoms with Crippen LogP contribution < -0.4 is 0 Å². The summed E-state index contributed by atoms with van der Waals surface area (Å²) in [5, 5.41) is 9.97. The molecule has 0 radical (unpaired) electrons. The Balaban J connectivity index is 1.78. The molecule has 0 unspecified atom stereocenters. The van der Waals surface area contributed by atoms with E-state index in [1.807, 2.05) is 20.8 Å². The summed E-state index contributed by atoms with van der Waals surface area (Å²) in [7, 11) is 0. The van der Waals surface area contributed by atoms with Gasteiger partial charge in [-0.05, 0) is 76.5 Å². The molecule has 0 aromatic carbocycles. The Morgan fingerprint density at radius 1 is 1.25 bits per heavy atom. The molecule has 5 nitrogen and oxygen atoms in total. The molecule has 2 fully saturated rings. The third kappa shape index (κ3) is 5.84. The summed E-state index contributed by atoms with van der Waals surface area (Å²) < 4.78 is 11.8. The zero-order chi connectivity index (χ0) is 23.5. The average molecular weight is 447 g/mol. The average Bonchev–Trinajstić information content (AvgIpc) is 2.72. The van der Waals surface area contributed by atoms with Crippen LogP contribution in [0.2, 0.25) is 0 Å². The van der Waals surface area contributed by atoms with Crippen LogP contribution >= 0.6 is 0 Å². The third-order valence-corrected chi connectivity index (χ3v) is 8.08. The number of rotatable bonds is 7. The second-order valence-corrected chi connectivity index (χ2v) is 10.9. The molecule has 1 N–H and O–H groups in total. The van der Waals surface area contributed by atoms with Crippen molar-refractivity contribution in [1.29, 1.82) is 0 Å². The maximum absolute atomic E-state index is 13.0. The van der Waals surface area contributed by atoms with Crippen molar-refractivity contribution in [2.75, 3.05) is 0 Å². The molecule has 2 aliphatic carbocycles. The summed E-state index contributed by atoms with van der Waals surface area (Å²) in [6.45, 7) is 10.2. The number of allylic oxidation sites excluding steroid dienone is 4. The van der Waals surface area contributed by atoms with Gasteiger partial charge in [0.1, 0.15) is 12.2 Å². The van der Waals surface area contributed by atoms with Gasteiger partial charge in [-0.1, -0.05) is 38.2 Å². The van der Waals surface area contributed by atoms with E-state index in [1.54, 1.807) is 0 Å². The fraction of sp³-hybridized carbons (Fsp3) is 0.778. The quantitative estimate of drug-likeness (QED) is 0.429. The van der Waals surface area contributed by atoms with Crippen molar-refractivity contribution in [2.24, 2.45) is 35.0 Å². The van der Waals surface area contributed by atoms with Crippen molar-refractivity contribution in [3.05, 3.63) is 24.3 Å². The summed E-state index contributed by atoms with van der Waals surface area (Å²) in [5.74, 6) is 1.40. The number of carbonyl (C=O) groups is 2. The number of carbonyl (C=O) groups excluding carboxylic acids is 2. The van der Waals surface area contributed by atoms with Gasteiger partial charge in [-0.3, -0.25) is 9.59 Å². The van der Waals surface area contributed by atoms with E-state index in [9.17, 15) is 14.7 Å². The SMILES string of the molecule is C/C=C/[C@@H]1C[C@H](OC(=O)C(C)(C)CC)[C@H]2[C@@H](CC[C@@H]3C[C@@H](O)CC(=O)O3)[C@@H](C)C=C[C@H]2C1. The molecule has 1 heterocycles. The van der Waals surface area contributed by atoms with Crippen LogP contribution in [0.25, 0.3) is 0 Å². The minimum absolute atomic E-state index is 0.0986. The zero-order valence-corrected chi connectivity index (χ0v) is 20.5. The maximum atomic E-state index is 13.0. The first kappa shape index (κ1) is 25.0. The lowest BCUT2D eigenvalue weighted by molar-refractivity contribution is -0.170. The van der Waals surface area contributed by atoms with Crippen LogP contribution in [-0.2, 0) is 19.1 Å². The molecule has 0 spiro atoms. The topological polar surface area (TPSA) is 72.8 Å². The highest BCUT2D eigenvalue weighted by molar-refractivity contribution is 5.76. The largest absolute Gasteiger partial charge is 0.462 e. The molecule has 1 saturated carbocycles. The van der Waals surface area contributed by atoms with Crippen molar-refractivity contribution in [1.82, 2.24) is 0 Å². The van der Waals surface area contributed by atoms with Gasteiger partial charge in [0, 0.05) is 12.3 Å². The molecular formula is C27H42O5. The first-order chi connectivity index (χ1) is 15.1. The Labute approximate surface area is 193 Å². The van der Waals surface area contributed by atoms with Crippen molar-refractivity contribution >= 4 is 11.9 Å². The standard InChI is InChI=1S/C27H42O5/c1-6-8-18-13-19-10-9-17(3)22(12-11-21-15-20(28)16-24(29)31-21)25(19)23(14-18)32-26(30)27(4,5)7-2/h6,8-10,17-23,25,28H,7,11-16H2,1-5H3/b8-6+/t17-,18-,19-,20+,21+,22-,23-,25+/m0/s1. The Morgan fingerprint density at radius 2 is 2.00 bits per heavy atom. The molecular weight excluding hydrogens is 404 g/mol. The smallest absolute Gasteiger partial charge is 0.311 e. The van der Waals surface area contributed by atoms with Crippen LogP contribution in [0.15, 0.2) is 24.3 Å². The molecule has 1 aliphatic heterocycles. The fourth-order valence-electron chi connectivity index (χ4n) is 5.81. The van der Waals surface area contributed by atoms with E-state index in [1.165, 1.54) is 0 Å². The Kier molecular flexibility index (Phi) is 8.24. The number of aliphatic hydroxyl groups is 1. The summed E-state index contributed by atoms with van der Waals surface area (Å²) in [6, 6.07) is 0. The third-order valence-electron chi connectivity index (χ3n) is 8.08. The first-order valence-corrected chi connectivity index (χ1v) is 12.5. The molecule has 0 amide bonds. The predicted molar refractivity (Wildman–Crippen MR) is 125 cm³/mol.